The smallest absolute Gasteiger partial charge is 0.261 e. The first-order chi connectivity index (χ1) is 14.8. The number of benzene rings is 2. The molecule has 2 atom stereocenters. The Kier molecular flexibility index (Phi) is 8.21. The van der Waals surface area contributed by atoms with E-state index in [1.54, 1.807) is 13.2 Å². The lowest BCUT2D eigenvalue weighted by Crippen LogP contribution is -2.20. The van der Waals surface area contributed by atoms with Crippen molar-refractivity contribution >= 4 is 0 Å². The zero-order valence-electron chi connectivity index (χ0n) is 20.7. The van der Waals surface area contributed by atoms with Crippen molar-refractivity contribution in [2.45, 2.75) is 64.5 Å². The summed E-state index contributed by atoms with van der Waals surface area (Å²) in [4.78, 5) is 11.5. The third-order valence-electron chi connectivity index (χ3n) is 5.71. The standard InChI is InChI=1S/C26H38N2O4/c1-25(2,3)21-12-18(13-22(14-21)26(4,5)6)17-9-19(23(27)15-31-7)11-20(10-17)24(16-32-8)28(29)30/h9-14,23-24H,15-16,27H2,1-8H3. The maximum absolute atomic E-state index is 11.8. The van der Waals surface area contributed by atoms with Crippen LogP contribution in [0.4, 0.5) is 0 Å². The maximum atomic E-state index is 11.8. The van der Waals surface area contributed by atoms with Crippen molar-refractivity contribution in [2.24, 2.45) is 5.73 Å². The predicted octanol–water partition coefficient (Wildman–Crippen LogP) is 5.56. The summed E-state index contributed by atoms with van der Waals surface area (Å²) in [7, 11) is 3.07. The van der Waals surface area contributed by atoms with Crippen LogP contribution in [0.5, 0.6) is 0 Å². The van der Waals surface area contributed by atoms with Crippen LogP contribution in [0, 0.1) is 10.1 Å². The summed E-state index contributed by atoms with van der Waals surface area (Å²) in [5.74, 6) is 0. The second-order valence-corrected chi connectivity index (χ2v) is 10.5. The quantitative estimate of drug-likeness (QED) is 0.427. The topological polar surface area (TPSA) is 87.6 Å². The Balaban J connectivity index is 2.79. The zero-order valence-corrected chi connectivity index (χ0v) is 20.7. The van der Waals surface area contributed by atoms with Gasteiger partial charge in [0.05, 0.1) is 12.6 Å². The van der Waals surface area contributed by atoms with Crippen molar-refractivity contribution in [1.82, 2.24) is 0 Å². The monoisotopic (exact) mass is 442 g/mol. The SMILES string of the molecule is COCC(N)c1cc(-c2cc(C(C)(C)C)cc(C(C)(C)C)c2)cc(C(COC)[N+](=O)[O-])c1. The molecule has 0 aromatic heterocycles. The predicted molar refractivity (Wildman–Crippen MR) is 130 cm³/mol. The largest absolute Gasteiger partial charge is 0.383 e. The highest BCUT2D eigenvalue weighted by atomic mass is 16.6. The average Bonchev–Trinajstić information content (AvgIpc) is 2.70. The molecule has 6 nitrogen and oxygen atoms in total. The van der Waals surface area contributed by atoms with Crippen LogP contribution in [0.1, 0.15) is 75.9 Å². The van der Waals surface area contributed by atoms with E-state index in [2.05, 4.69) is 59.7 Å². The Hall–Kier alpha value is -2.28. The van der Waals surface area contributed by atoms with Gasteiger partial charge in [0.15, 0.2) is 0 Å². The highest BCUT2D eigenvalue weighted by Gasteiger charge is 2.26. The van der Waals surface area contributed by atoms with Gasteiger partial charge in [-0.3, -0.25) is 10.1 Å². The van der Waals surface area contributed by atoms with Gasteiger partial charge >= 0.3 is 0 Å². The molecular weight excluding hydrogens is 404 g/mol. The molecule has 0 aliphatic carbocycles. The van der Waals surface area contributed by atoms with Crippen molar-refractivity contribution in [3.8, 4) is 11.1 Å². The summed E-state index contributed by atoms with van der Waals surface area (Å²) in [5, 5.41) is 11.8. The van der Waals surface area contributed by atoms with Crippen LogP contribution in [-0.4, -0.2) is 32.4 Å². The number of nitrogens with zero attached hydrogens (tertiary/aromatic N) is 1. The summed E-state index contributed by atoms with van der Waals surface area (Å²) in [6.45, 7) is 13.5. The summed E-state index contributed by atoms with van der Waals surface area (Å²) >= 11 is 0. The minimum atomic E-state index is -0.971. The van der Waals surface area contributed by atoms with E-state index in [0.717, 1.165) is 16.7 Å². The highest BCUT2D eigenvalue weighted by Crippen LogP contribution is 2.36. The average molecular weight is 443 g/mol. The van der Waals surface area contributed by atoms with E-state index in [9.17, 15) is 10.1 Å². The van der Waals surface area contributed by atoms with E-state index < -0.39 is 6.04 Å². The van der Waals surface area contributed by atoms with Crippen LogP contribution in [0.25, 0.3) is 11.1 Å². The third-order valence-corrected chi connectivity index (χ3v) is 5.71. The van der Waals surface area contributed by atoms with E-state index in [1.165, 1.54) is 18.2 Å². The van der Waals surface area contributed by atoms with E-state index in [0.29, 0.717) is 12.2 Å². The number of ether oxygens (including phenoxy) is 2. The summed E-state index contributed by atoms with van der Waals surface area (Å²) in [5.41, 5.74) is 12.0. The molecule has 32 heavy (non-hydrogen) atoms. The van der Waals surface area contributed by atoms with Gasteiger partial charge < -0.3 is 15.2 Å². The molecule has 0 aliphatic rings. The Labute approximate surface area is 192 Å². The van der Waals surface area contributed by atoms with Crippen LogP contribution >= 0.6 is 0 Å². The van der Waals surface area contributed by atoms with Gasteiger partial charge in [-0.15, -0.1) is 0 Å². The van der Waals surface area contributed by atoms with Crippen LogP contribution < -0.4 is 5.73 Å². The van der Waals surface area contributed by atoms with E-state index in [-0.39, 0.29) is 28.4 Å². The fourth-order valence-electron chi connectivity index (χ4n) is 3.62. The molecule has 0 radical (unpaired) electrons. The van der Waals surface area contributed by atoms with Crippen molar-refractivity contribution in [3.05, 3.63) is 68.8 Å². The molecule has 0 fully saturated rings. The lowest BCUT2D eigenvalue weighted by molar-refractivity contribution is -0.532. The second-order valence-electron chi connectivity index (χ2n) is 10.5. The molecule has 0 saturated heterocycles. The Morgan fingerprint density at radius 1 is 0.812 bits per heavy atom. The minimum Gasteiger partial charge on any atom is -0.383 e. The molecule has 176 valence electrons. The molecule has 0 saturated carbocycles. The van der Waals surface area contributed by atoms with Crippen molar-refractivity contribution in [2.75, 3.05) is 27.4 Å². The van der Waals surface area contributed by atoms with Crippen molar-refractivity contribution < 1.29 is 14.4 Å². The minimum absolute atomic E-state index is 0.00924. The maximum Gasteiger partial charge on any atom is 0.261 e. The normalized spacial score (nSPS) is 14.3. The fraction of sp³-hybridized carbons (Fsp3) is 0.538. The fourth-order valence-corrected chi connectivity index (χ4v) is 3.62. The molecule has 2 rings (SSSR count). The van der Waals surface area contributed by atoms with Crippen molar-refractivity contribution in [1.29, 1.82) is 0 Å². The first-order valence-electron chi connectivity index (χ1n) is 11.0. The van der Waals surface area contributed by atoms with Gasteiger partial charge in [0.2, 0.25) is 0 Å². The molecule has 2 N–H and O–H groups in total. The van der Waals surface area contributed by atoms with Crippen molar-refractivity contribution in [3.63, 3.8) is 0 Å². The number of nitro groups is 1. The zero-order chi connectivity index (χ0) is 24.3. The van der Waals surface area contributed by atoms with Gasteiger partial charge in [-0.05, 0) is 56.8 Å². The van der Waals surface area contributed by atoms with Gasteiger partial charge in [-0.1, -0.05) is 59.7 Å². The molecule has 0 amide bonds. The molecule has 2 aromatic rings. The molecule has 0 spiro atoms. The highest BCUT2D eigenvalue weighted by molar-refractivity contribution is 5.68. The Morgan fingerprint density at radius 3 is 1.72 bits per heavy atom. The Morgan fingerprint density at radius 2 is 1.28 bits per heavy atom. The molecular formula is C26H38N2O4. The lowest BCUT2D eigenvalue weighted by atomic mass is 9.78. The summed E-state index contributed by atoms with van der Waals surface area (Å²) in [6.07, 6.45) is 0. The second kappa shape index (κ2) is 10.1. The molecule has 2 unspecified atom stereocenters. The van der Waals surface area contributed by atoms with Gasteiger partial charge in [0.1, 0.15) is 6.61 Å². The van der Waals surface area contributed by atoms with Crippen LogP contribution in [0.15, 0.2) is 36.4 Å². The van der Waals surface area contributed by atoms with Gasteiger partial charge in [0, 0.05) is 24.7 Å². The van der Waals surface area contributed by atoms with Crippen LogP contribution in [0.3, 0.4) is 0 Å². The van der Waals surface area contributed by atoms with E-state index >= 15 is 0 Å². The number of methoxy groups -OCH3 is 2. The first kappa shape index (κ1) is 26.0. The first-order valence-corrected chi connectivity index (χ1v) is 11.0. The van der Waals surface area contributed by atoms with E-state index in [4.69, 9.17) is 15.2 Å². The summed E-state index contributed by atoms with van der Waals surface area (Å²) in [6, 6.07) is 11.0. The van der Waals surface area contributed by atoms with Gasteiger partial charge in [0.25, 0.3) is 6.04 Å². The molecule has 0 aliphatic heterocycles. The molecule has 6 heteroatoms. The molecule has 0 bridgehead atoms. The van der Waals surface area contributed by atoms with Crippen LogP contribution in [0.2, 0.25) is 0 Å². The summed E-state index contributed by atoms with van der Waals surface area (Å²) < 4.78 is 10.4. The Bertz CT molecular complexity index is 910. The third kappa shape index (κ3) is 6.37. The number of nitrogens with two attached hydrogens (primary N) is 1. The molecule has 2 aromatic carbocycles. The molecule has 0 heterocycles. The lowest BCUT2D eigenvalue weighted by Gasteiger charge is -2.26. The number of hydrogen-bond donors (Lipinski definition) is 1. The van der Waals surface area contributed by atoms with Crippen LogP contribution in [-0.2, 0) is 20.3 Å². The number of hydrogen-bond acceptors (Lipinski definition) is 5. The number of rotatable bonds is 8. The van der Waals surface area contributed by atoms with E-state index in [1.807, 2.05) is 12.1 Å². The van der Waals surface area contributed by atoms with Gasteiger partial charge in [-0.2, -0.15) is 0 Å². The van der Waals surface area contributed by atoms with Gasteiger partial charge in [-0.25, -0.2) is 0 Å².